The lowest BCUT2D eigenvalue weighted by Gasteiger charge is -2.31. The summed E-state index contributed by atoms with van der Waals surface area (Å²) in [4.78, 5) is 12.2. The van der Waals surface area contributed by atoms with Crippen molar-refractivity contribution < 1.29 is 9.90 Å². The van der Waals surface area contributed by atoms with Gasteiger partial charge in [0, 0.05) is 13.1 Å². The van der Waals surface area contributed by atoms with Crippen LogP contribution in [0.3, 0.4) is 0 Å². The van der Waals surface area contributed by atoms with E-state index in [1.165, 1.54) is 0 Å². The van der Waals surface area contributed by atoms with Gasteiger partial charge in [-0.1, -0.05) is 20.3 Å². The van der Waals surface area contributed by atoms with Gasteiger partial charge in [-0.3, -0.25) is 4.79 Å². The second kappa shape index (κ2) is 7.10. The van der Waals surface area contributed by atoms with Gasteiger partial charge in [0.25, 0.3) is 0 Å². The number of carbonyl (C=O) groups excluding carboxylic acids is 1. The molecule has 4 heteroatoms. The number of aliphatic hydroxyl groups excluding tert-OH is 1. The summed E-state index contributed by atoms with van der Waals surface area (Å²) in [6.45, 7) is 5.11. The van der Waals surface area contributed by atoms with Gasteiger partial charge in [0.05, 0.1) is 11.5 Å². The van der Waals surface area contributed by atoms with E-state index in [9.17, 15) is 9.90 Å². The lowest BCUT2D eigenvalue weighted by Crippen LogP contribution is -2.47. The molecule has 0 aromatic carbocycles. The average molecular weight is 256 g/mol. The summed E-state index contributed by atoms with van der Waals surface area (Å²) in [6.07, 6.45) is 5.25. The first-order valence-corrected chi connectivity index (χ1v) is 7.24. The van der Waals surface area contributed by atoms with Crippen molar-refractivity contribution in [2.24, 2.45) is 17.1 Å². The predicted molar refractivity (Wildman–Crippen MR) is 73.0 cm³/mol. The van der Waals surface area contributed by atoms with Gasteiger partial charge in [0.15, 0.2) is 0 Å². The Hall–Kier alpha value is -0.610. The predicted octanol–water partition coefficient (Wildman–Crippen LogP) is 1.42. The molecule has 1 amide bonds. The van der Waals surface area contributed by atoms with Gasteiger partial charge in [-0.05, 0) is 38.0 Å². The Balaban J connectivity index is 2.44. The number of hydrogen-bond acceptors (Lipinski definition) is 3. The minimum Gasteiger partial charge on any atom is -0.393 e. The van der Waals surface area contributed by atoms with Crippen LogP contribution in [0, 0.1) is 11.3 Å². The first kappa shape index (κ1) is 15.4. The molecule has 1 saturated carbocycles. The third kappa shape index (κ3) is 3.69. The minimum atomic E-state index is -0.409. The van der Waals surface area contributed by atoms with Gasteiger partial charge < -0.3 is 16.2 Å². The van der Waals surface area contributed by atoms with E-state index in [0.29, 0.717) is 19.0 Å². The Morgan fingerprint density at radius 2 is 2.06 bits per heavy atom. The molecule has 0 aromatic rings. The quantitative estimate of drug-likeness (QED) is 0.673. The highest BCUT2D eigenvalue weighted by molar-refractivity contribution is 5.82. The van der Waals surface area contributed by atoms with Crippen molar-refractivity contribution in [2.45, 2.75) is 58.5 Å². The standard InChI is InChI=1S/C14H28N2O2/c1-3-14(4-2,10-15)13(18)16-9-11-6-5-7-12(17)8-11/h11-12,17H,3-10,15H2,1-2H3,(H,16,18). The molecule has 0 spiro atoms. The second-order valence-corrected chi connectivity index (χ2v) is 5.59. The number of hydrogen-bond donors (Lipinski definition) is 3. The minimum absolute atomic E-state index is 0.0788. The van der Waals surface area contributed by atoms with Gasteiger partial charge in [0.2, 0.25) is 5.91 Å². The third-order valence-electron chi connectivity index (χ3n) is 4.53. The monoisotopic (exact) mass is 256 g/mol. The molecule has 2 unspecified atom stereocenters. The van der Waals surface area contributed by atoms with Crippen LogP contribution in [0.25, 0.3) is 0 Å². The average Bonchev–Trinajstić information content (AvgIpc) is 2.39. The van der Waals surface area contributed by atoms with Gasteiger partial charge >= 0.3 is 0 Å². The Morgan fingerprint density at radius 1 is 1.39 bits per heavy atom. The Bertz CT molecular complexity index is 256. The van der Waals surface area contributed by atoms with E-state index in [1.807, 2.05) is 13.8 Å². The molecule has 18 heavy (non-hydrogen) atoms. The molecule has 0 aromatic heterocycles. The summed E-state index contributed by atoms with van der Waals surface area (Å²) >= 11 is 0. The van der Waals surface area contributed by atoms with E-state index in [4.69, 9.17) is 5.73 Å². The van der Waals surface area contributed by atoms with Crippen molar-refractivity contribution in [3.63, 3.8) is 0 Å². The number of aliphatic hydroxyl groups is 1. The summed E-state index contributed by atoms with van der Waals surface area (Å²) in [5.74, 6) is 0.497. The fourth-order valence-electron chi connectivity index (χ4n) is 2.83. The summed E-state index contributed by atoms with van der Waals surface area (Å²) < 4.78 is 0. The molecule has 2 atom stereocenters. The zero-order valence-corrected chi connectivity index (χ0v) is 11.7. The Morgan fingerprint density at radius 3 is 2.56 bits per heavy atom. The fraction of sp³-hybridized carbons (Fsp3) is 0.929. The second-order valence-electron chi connectivity index (χ2n) is 5.59. The third-order valence-corrected chi connectivity index (χ3v) is 4.53. The molecule has 106 valence electrons. The molecule has 0 heterocycles. The molecule has 0 bridgehead atoms. The highest BCUT2D eigenvalue weighted by Crippen LogP contribution is 2.26. The SMILES string of the molecule is CCC(CC)(CN)C(=O)NCC1CCCC(O)C1. The topological polar surface area (TPSA) is 75.4 Å². The van der Waals surface area contributed by atoms with Crippen LogP contribution >= 0.6 is 0 Å². The van der Waals surface area contributed by atoms with Crippen LogP contribution in [0.15, 0.2) is 0 Å². The lowest BCUT2D eigenvalue weighted by molar-refractivity contribution is -0.131. The van der Waals surface area contributed by atoms with Crippen LogP contribution in [0.5, 0.6) is 0 Å². The van der Waals surface area contributed by atoms with Crippen molar-refractivity contribution in [1.82, 2.24) is 5.32 Å². The molecule has 4 nitrogen and oxygen atoms in total. The zero-order chi connectivity index (χ0) is 13.6. The molecular weight excluding hydrogens is 228 g/mol. The number of nitrogens with one attached hydrogen (secondary N) is 1. The first-order chi connectivity index (χ1) is 8.57. The Labute approximate surface area is 110 Å². The van der Waals surface area contributed by atoms with E-state index < -0.39 is 5.41 Å². The van der Waals surface area contributed by atoms with Crippen LogP contribution in [-0.4, -0.2) is 30.2 Å². The normalized spacial score (nSPS) is 24.9. The van der Waals surface area contributed by atoms with Crippen molar-refractivity contribution >= 4 is 5.91 Å². The summed E-state index contributed by atoms with van der Waals surface area (Å²) in [5.41, 5.74) is 5.35. The number of rotatable bonds is 6. The van der Waals surface area contributed by atoms with E-state index in [1.54, 1.807) is 0 Å². The van der Waals surface area contributed by atoms with Gasteiger partial charge in [-0.2, -0.15) is 0 Å². The smallest absolute Gasteiger partial charge is 0.227 e. The van der Waals surface area contributed by atoms with Crippen molar-refractivity contribution in [1.29, 1.82) is 0 Å². The number of amides is 1. The van der Waals surface area contributed by atoms with E-state index in [2.05, 4.69) is 5.32 Å². The van der Waals surface area contributed by atoms with E-state index >= 15 is 0 Å². The van der Waals surface area contributed by atoms with Crippen LogP contribution in [0.1, 0.15) is 52.4 Å². The lowest BCUT2D eigenvalue weighted by atomic mass is 9.81. The molecule has 1 aliphatic carbocycles. The molecule has 1 fully saturated rings. The molecule has 1 aliphatic rings. The van der Waals surface area contributed by atoms with Crippen molar-refractivity contribution in [2.75, 3.05) is 13.1 Å². The number of carbonyl (C=O) groups is 1. The van der Waals surface area contributed by atoms with Gasteiger partial charge in [-0.15, -0.1) is 0 Å². The maximum atomic E-state index is 12.2. The molecule has 0 radical (unpaired) electrons. The maximum absolute atomic E-state index is 12.2. The highest BCUT2D eigenvalue weighted by Gasteiger charge is 2.33. The molecule has 1 rings (SSSR count). The van der Waals surface area contributed by atoms with Crippen LogP contribution in [0.4, 0.5) is 0 Å². The van der Waals surface area contributed by atoms with Crippen LogP contribution in [0.2, 0.25) is 0 Å². The van der Waals surface area contributed by atoms with Crippen LogP contribution < -0.4 is 11.1 Å². The molecule has 0 aliphatic heterocycles. The molecule has 0 saturated heterocycles. The largest absolute Gasteiger partial charge is 0.393 e. The summed E-state index contributed by atoms with van der Waals surface area (Å²) in [5, 5.41) is 12.6. The van der Waals surface area contributed by atoms with E-state index in [0.717, 1.165) is 38.5 Å². The first-order valence-electron chi connectivity index (χ1n) is 7.24. The molecular formula is C14H28N2O2. The zero-order valence-electron chi connectivity index (χ0n) is 11.7. The fourth-order valence-corrected chi connectivity index (χ4v) is 2.83. The number of nitrogens with two attached hydrogens (primary N) is 1. The van der Waals surface area contributed by atoms with Crippen molar-refractivity contribution in [3.8, 4) is 0 Å². The van der Waals surface area contributed by atoms with E-state index in [-0.39, 0.29) is 12.0 Å². The highest BCUT2D eigenvalue weighted by atomic mass is 16.3. The summed E-state index contributed by atoms with van der Waals surface area (Å²) in [7, 11) is 0. The van der Waals surface area contributed by atoms with Gasteiger partial charge in [0.1, 0.15) is 0 Å². The van der Waals surface area contributed by atoms with Gasteiger partial charge in [-0.25, -0.2) is 0 Å². The Kier molecular flexibility index (Phi) is 6.09. The summed E-state index contributed by atoms with van der Waals surface area (Å²) in [6, 6.07) is 0. The van der Waals surface area contributed by atoms with Crippen LogP contribution in [-0.2, 0) is 4.79 Å². The van der Waals surface area contributed by atoms with Crippen molar-refractivity contribution in [3.05, 3.63) is 0 Å². The maximum Gasteiger partial charge on any atom is 0.227 e. The molecule has 4 N–H and O–H groups in total.